The Morgan fingerprint density at radius 3 is 2.50 bits per heavy atom. The third-order valence-electron chi connectivity index (χ3n) is 2.30. The predicted molar refractivity (Wildman–Crippen MR) is 53.6 cm³/mol. The molecule has 0 aromatic heterocycles. The van der Waals surface area contributed by atoms with Gasteiger partial charge in [-0.15, -0.1) is 0 Å². The summed E-state index contributed by atoms with van der Waals surface area (Å²) in [5.74, 6) is -1.61. The van der Waals surface area contributed by atoms with Crippen LogP contribution in [-0.2, 0) is 4.79 Å². The van der Waals surface area contributed by atoms with Crippen molar-refractivity contribution in [3.8, 4) is 5.75 Å². The molecular weight excluding hydrogens is 260 g/mol. The van der Waals surface area contributed by atoms with Gasteiger partial charge >= 0.3 is 41.7 Å². The molecule has 0 saturated carbocycles. The Morgan fingerprint density at radius 1 is 1.33 bits per heavy atom. The van der Waals surface area contributed by atoms with E-state index in [-0.39, 0.29) is 36.7 Å². The molecular formula is C11H8F3NaO3. The van der Waals surface area contributed by atoms with Gasteiger partial charge in [0.15, 0.2) is 0 Å². The van der Waals surface area contributed by atoms with Crippen molar-refractivity contribution >= 4 is 12.0 Å². The number of benzene rings is 1. The molecule has 0 saturated heterocycles. The maximum atomic E-state index is 12.6. The van der Waals surface area contributed by atoms with Crippen LogP contribution >= 0.6 is 0 Å². The van der Waals surface area contributed by atoms with Crippen LogP contribution in [0, 0.1) is 0 Å². The molecule has 18 heavy (non-hydrogen) atoms. The normalized spacial score (nSPS) is 17.9. The summed E-state index contributed by atoms with van der Waals surface area (Å²) in [6.45, 7) is 0. The summed E-state index contributed by atoms with van der Waals surface area (Å²) in [6.07, 6.45) is -6.19. The third-order valence-corrected chi connectivity index (χ3v) is 2.30. The summed E-state index contributed by atoms with van der Waals surface area (Å²) < 4.78 is 42.5. The zero-order valence-electron chi connectivity index (χ0n) is 10.4. The van der Waals surface area contributed by atoms with E-state index in [0.29, 0.717) is 5.56 Å². The molecule has 1 aliphatic heterocycles. The second kappa shape index (κ2) is 5.34. The van der Waals surface area contributed by atoms with Crippen molar-refractivity contribution in [1.29, 1.82) is 0 Å². The fourth-order valence-corrected chi connectivity index (χ4v) is 1.56. The number of aliphatic carboxylic acids is 1. The van der Waals surface area contributed by atoms with E-state index in [1.165, 1.54) is 18.2 Å². The first kappa shape index (κ1) is 15.1. The molecule has 1 atom stereocenters. The zero-order chi connectivity index (χ0) is 12.6. The fourth-order valence-electron chi connectivity index (χ4n) is 1.56. The second-order valence-corrected chi connectivity index (χ2v) is 3.48. The van der Waals surface area contributed by atoms with Crippen molar-refractivity contribution < 1.29 is 58.8 Å². The minimum absolute atomic E-state index is 0. The summed E-state index contributed by atoms with van der Waals surface area (Å²) in [5, 5.41) is 8.75. The summed E-state index contributed by atoms with van der Waals surface area (Å²) in [4.78, 5) is 10.8. The fraction of sp³-hybridized carbons (Fsp3) is 0.182. The molecule has 1 aliphatic rings. The number of rotatable bonds is 1. The van der Waals surface area contributed by atoms with Crippen LogP contribution < -0.4 is 34.3 Å². The van der Waals surface area contributed by atoms with Crippen LogP contribution in [0.15, 0.2) is 29.8 Å². The Balaban J connectivity index is 0.00000162. The average Bonchev–Trinajstić information content (AvgIpc) is 2.26. The third kappa shape index (κ3) is 2.88. The van der Waals surface area contributed by atoms with Gasteiger partial charge in [-0.2, -0.15) is 13.2 Å². The molecule has 3 nitrogen and oxygen atoms in total. The molecule has 7 heteroatoms. The van der Waals surface area contributed by atoms with Gasteiger partial charge in [0, 0.05) is 5.56 Å². The number of ether oxygens (including phenoxy) is 1. The Bertz CT molecular complexity index is 502. The molecule has 1 N–H and O–H groups in total. The summed E-state index contributed by atoms with van der Waals surface area (Å²) >= 11 is 0. The van der Waals surface area contributed by atoms with Crippen molar-refractivity contribution in [3.05, 3.63) is 35.4 Å². The molecule has 0 amide bonds. The van der Waals surface area contributed by atoms with Crippen molar-refractivity contribution in [3.63, 3.8) is 0 Å². The number of carboxylic acids is 1. The van der Waals surface area contributed by atoms with Crippen LogP contribution in [0.4, 0.5) is 13.2 Å². The van der Waals surface area contributed by atoms with Crippen LogP contribution in [0.5, 0.6) is 5.75 Å². The number of hydrogen-bond acceptors (Lipinski definition) is 2. The molecule has 1 aromatic rings. The number of para-hydroxylation sites is 1. The van der Waals surface area contributed by atoms with Gasteiger partial charge in [-0.05, 0) is 12.1 Å². The molecule has 0 fully saturated rings. The van der Waals surface area contributed by atoms with Gasteiger partial charge in [0.2, 0.25) is 6.10 Å². The molecule has 92 valence electrons. The van der Waals surface area contributed by atoms with E-state index in [1.807, 2.05) is 0 Å². The van der Waals surface area contributed by atoms with Crippen LogP contribution in [0.25, 0.3) is 6.08 Å². The molecule has 1 heterocycles. The van der Waals surface area contributed by atoms with Gasteiger partial charge in [-0.3, -0.25) is 0 Å². The van der Waals surface area contributed by atoms with Gasteiger partial charge in [0.25, 0.3) is 0 Å². The first-order valence-electron chi connectivity index (χ1n) is 4.67. The van der Waals surface area contributed by atoms with Crippen LogP contribution in [0.1, 0.15) is 6.99 Å². The topological polar surface area (TPSA) is 46.5 Å². The smallest absolute Gasteiger partial charge is 1.00 e. The number of carboxylic acid groups (broad SMARTS) is 1. The van der Waals surface area contributed by atoms with E-state index in [1.54, 1.807) is 6.07 Å². The summed E-state index contributed by atoms with van der Waals surface area (Å²) in [5.41, 5.74) is -0.485. The monoisotopic (exact) mass is 268 g/mol. The Hall–Kier alpha value is -0.980. The average molecular weight is 268 g/mol. The van der Waals surface area contributed by atoms with Gasteiger partial charge in [0.05, 0.1) is 5.57 Å². The van der Waals surface area contributed by atoms with Gasteiger partial charge in [-0.25, -0.2) is 4.79 Å². The quantitative estimate of drug-likeness (QED) is 0.705. The Labute approximate surface area is 124 Å². The number of halogens is 3. The largest absolute Gasteiger partial charge is 1.00 e. The Morgan fingerprint density at radius 2 is 1.94 bits per heavy atom. The number of carbonyl (C=O) groups is 1. The number of fused-ring (bicyclic) bond motifs is 1. The minimum Gasteiger partial charge on any atom is -1.00 e. The standard InChI is InChI=1S/C11H7F3O3.Na.H/c12-11(13,14)9-7(10(15)16)5-6-3-1-2-4-8(6)17-9;;/h1-5,9H,(H,15,16);;/q;+1;-1. The van der Waals surface area contributed by atoms with E-state index < -0.39 is 23.8 Å². The van der Waals surface area contributed by atoms with E-state index in [9.17, 15) is 18.0 Å². The molecule has 0 aliphatic carbocycles. The maximum Gasteiger partial charge on any atom is 1.00 e. The molecule has 2 rings (SSSR count). The number of hydrogen-bond donors (Lipinski definition) is 1. The van der Waals surface area contributed by atoms with E-state index >= 15 is 0 Å². The van der Waals surface area contributed by atoms with E-state index in [2.05, 4.69) is 0 Å². The molecule has 1 unspecified atom stereocenters. The maximum absolute atomic E-state index is 12.6. The van der Waals surface area contributed by atoms with Crippen molar-refractivity contribution in [2.24, 2.45) is 0 Å². The summed E-state index contributed by atoms with van der Waals surface area (Å²) in [6, 6.07) is 5.96. The van der Waals surface area contributed by atoms with Crippen molar-refractivity contribution in [1.82, 2.24) is 0 Å². The van der Waals surface area contributed by atoms with Gasteiger partial charge in [0.1, 0.15) is 5.75 Å². The molecule has 0 spiro atoms. The van der Waals surface area contributed by atoms with Crippen LogP contribution in [0.2, 0.25) is 0 Å². The first-order chi connectivity index (χ1) is 7.89. The molecule has 0 radical (unpaired) electrons. The van der Waals surface area contributed by atoms with Crippen LogP contribution in [0.3, 0.4) is 0 Å². The number of alkyl halides is 3. The zero-order valence-corrected chi connectivity index (χ0v) is 11.4. The van der Waals surface area contributed by atoms with E-state index in [0.717, 1.165) is 6.08 Å². The Kier molecular flexibility index (Phi) is 4.47. The van der Waals surface area contributed by atoms with E-state index in [4.69, 9.17) is 9.84 Å². The summed E-state index contributed by atoms with van der Waals surface area (Å²) in [7, 11) is 0. The SMILES string of the molecule is O=C(O)C1=Cc2ccccc2OC1C(F)(F)F.[H-].[Na+]. The van der Waals surface area contributed by atoms with Crippen molar-refractivity contribution in [2.45, 2.75) is 12.3 Å². The molecule has 0 bridgehead atoms. The minimum atomic E-state index is -4.75. The van der Waals surface area contributed by atoms with Gasteiger partial charge in [-0.1, -0.05) is 18.2 Å². The van der Waals surface area contributed by atoms with Crippen molar-refractivity contribution in [2.75, 3.05) is 0 Å². The molecule has 1 aromatic carbocycles. The van der Waals surface area contributed by atoms with Crippen LogP contribution in [-0.4, -0.2) is 23.4 Å². The second-order valence-electron chi connectivity index (χ2n) is 3.48. The first-order valence-corrected chi connectivity index (χ1v) is 4.67. The predicted octanol–water partition coefficient (Wildman–Crippen LogP) is -0.406. The van der Waals surface area contributed by atoms with Gasteiger partial charge < -0.3 is 11.3 Å².